The second-order valence-corrected chi connectivity index (χ2v) is 6.95. The van der Waals surface area contributed by atoms with E-state index in [0.717, 1.165) is 47.7 Å². The molecule has 0 atom stereocenters. The van der Waals surface area contributed by atoms with Gasteiger partial charge in [-0.2, -0.15) is 5.10 Å². The van der Waals surface area contributed by atoms with Gasteiger partial charge in [-0.05, 0) is 34.5 Å². The van der Waals surface area contributed by atoms with Crippen molar-refractivity contribution in [3.05, 3.63) is 71.3 Å². The quantitative estimate of drug-likeness (QED) is 0.539. The lowest BCUT2D eigenvalue weighted by atomic mass is 9.98. The number of rotatable bonds is 9. The lowest BCUT2D eigenvalue weighted by molar-refractivity contribution is 0.0697. The Kier molecular flexibility index (Phi) is 6.66. The smallest absolute Gasteiger partial charge is 0.336 e. The zero-order chi connectivity index (χ0) is 19.9. The first-order valence-electron chi connectivity index (χ1n) is 9.40. The van der Waals surface area contributed by atoms with Gasteiger partial charge in [-0.3, -0.25) is 0 Å². The number of nitrogens with zero attached hydrogens (tertiary/aromatic N) is 3. The van der Waals surface area contributed by atoms with Crippen LogP contribution in [0.25, 0.3) is 11.1 Å². The number of aryl methyl sites for hydroxylation is 1. The van der Waals surface area contributed by atoms with Crippen LogP contribution in [0.3, 0.4) is 0 Å². The highest BCUT2D eigenvalue weighted by molar-refractivity contribution is 7.78. The maximum absolute atomic E-state index is 11.5. The summed E-state index contributed by atoms with van der Waals surface area (Å²) in [5, 5.41) is 15.6. The van der Waals surface area contributed by atoms with Crippen LogP contribution >= 0.6 is 12.2 Å². The molecule has 0 unspecified atom stereocenters. The van der Waals surface area contributed by atoms with E-state index in [9.17, 15) is 9.90 Å². The summed E-state index contributed by atoms with van der Waals surface area (Å²) in [4.78, 5) is 16.1. The van der Waals surface area contributed by atoms with Crippen molar-refractivity contribution in [2.75, 3.05) is 0 Å². The summed E-state index contributed by atoms with van der Waals surface area (Å²) < 4.78 is 1.98. The Morgan fingerprint density at radius 2 is 1.93 bits per heavy atom. The topological polar surface area (TPSA) is 68.0 Å². The van der Waals surface area contributed by atoms with Gasteiger partial charge in [0.15, 0.2) is 5.82 Å². The summed E-state index contributed by atoms with van der Waals surface area (Å²) >= 11 is 4.94. The highest BCUT2D eigenvalue weighted by Gasteiger charge is 2.12. The molecule has 6 heteroatoms. The molecule has 28 heavy (non-hydrogen) atoms. The van der Waals surface area contributed by atoms with Crippen LogP contribution in [0.4, 0.5) is 0 Å². The number of unbranched alkanes of at least 4 members (excludes halogenated alkanes) is 1. The van der Waals surface area contributed by atoms with E-state index >= 15 is 0 Å². The Morgan fingerprint density at radius 3 is 2.61 bits per heavy atom. The largest absolute Gasteiger partial charge is 0.478 e. The molecule has 3 aromatic rings. The minimum Gasteiger partial charge on any atom is -0.478 e. The number of carboxylic acids is 1. The van der Waals surface area contributed by atoms with E-state index in [0.29, 0.717) is 18.4 Å². The van der Waals surface area contributed by atoms with Gasteiger partial charge in [-0.1, -0.05) is 68.0 Å². The molecule has 0 fully saturated rings. The lowest BCUT2D eigenvalue weighted by Gasteiger charge is -2.08. The Balaban J connectivity index is 1.83. The standard InChI is InChI=1S/C22H23N3O2S/c1-2-3-13-25-21(23-20(24-25)12-14-28)15-16-8-10-17(11-9-16)18-6-4-5-7-19(18)22(26)27/h4-11,14H,2-3,12-13,15H2,1H3,(H,26,27). The van der Waals surface area contributed by atoms with Gasteiger partial charge in [0, 0.05) is 19.4 Å². The fourth-order valence-corrected chi connectivity index (χ4v) is 3.26. The minimum atomic E-state index is -0.922. The zero-order valence-corrected chi connectivity index (χ0v) is 16.7. The summed E-state index contributed by atoms with van der Waals surface area (Å²) in [6, 6.07) is 15.0. The van der Waals surface area contributed by atoms with Crippen LogP contribution in [0.1, 0.15) is 47.3 Å². The van der Waals surface area contributed by atoms with E-state index in [1.54, 1.807) is 17.5 Å². The van der Waals surface area contributed by atoms with Crippen molar-refractivity contribution in [3.63, 3.8) is 0 Å². The monoisotopic (exact) mass is 393 g/mol. The molecular weight excluding hydrogens is 370 g/mol. The fraction of sp³-hybridized carbons (Fsp3) is 0.273. The van der Waals surface area contributed by atoms with Crippen LogP contribution in [-0.2, 0) is 19.4 Å². The van der Waals surface area contributed by atoms with Gasteiger partial charge in [0.05, 0.1) is 5.56 Å². The van der Waals surface area contributed by atoms with Crippen molar-refractivity contribution in [3.8, 4) is 11.1 Å². The molecule has 1 N–H and O–H groups in total. The second kappa shape index (κ2) is 9.37. The number of carboxylic acid groups (broad SMARTS) is 1. The molecular formula is C22H23N3O2S. The van der Waals surface area contributed by atoms with Crippen molar-refractivity contribution in [1.29, 1.82) is 0 Å². The summed E-state index contributed by atoms with van der Waals surface area (Å²) in [5.74, 6) is 0.766. The van der Waals surface area contributed by atoms with E-state index in [-0.39, 0.29) is 0 Å². The molecule has 0 aliphatic carbocycles. The van der Waals surface area contributed by atoms with Crippen molar-refractivity contribution >= 4 is 23.6 Å². The second-order valence-electron chi connectivity index (χ2n) is 6.62. The predicted molar refractivity (Wildman–Crippen MR) is 114 cm³/mol. The Hall–Kier alpha value is -2.86. The maximum atomic E-state index is 11.5. The van der Waals surface area contributed by atoms with Crippen LogP contribution in [-0.4, -0.2) is 31.2 Å². The van der Waals surface area contributed by atoms with Gasteiger partial charge in [0.2, 0.25) is 0 Å². The number of carbonyl (C=O) groups is 1. The molecule has 0 aliphatic heterocycles. The average molecular weight is 394 g/mol. The zero-order valence-electron chi connectivity index (χ0n) is 15.8. The molecule has 1 heterocycles. The Morgan fingerprint density at radius 1 is 1.18 bits per heavy atom. The van der Waals surface area contributed by atoms with Gasteiger partial charge < -0.3 is 5.11 Å². The third-order valence-electron chi connectivity index (χ3n) is 4.57. The molecule has 0 saturated carbocycles. The minimum absolute atomic E-state index is 0.305. The van der Waals surface area contributed by atoms with Crippen LogP contribution in [0.5, 0.6) is 0 Å². The molecule has 144 valence electrons. The molecule has 0 spiro atoms. The van der Waals surface area contributed by atoms with Crippen LogP contribution in [0, 0.1) is 0 Å². The lowest BCUT2D eigenvalue weighted by Crippen LogP contribution is -2.06. The van der Waals surface area contributed by atoms with E-state index in [4.69, 9.17) is 12.2 Å². The van der Waals surface area contributed by atoms with Crippen molar-refractivity contribution < 1.29 is 9.90 Å². The van der Waals surface area contributed by atoms with Crippen molar-refractivity contribution in [1.82, 2.24) is 14.8 Å². The highest BCUT2D eigenvalue weighted by Crippen LogP contribution is 2.24. The SMILES string of the molecule is CCCCn1nc(CC=S)nc1Cc1ccc(-c2ccccc2C(=O)O)cc1. The van der Waals surface area contributed by atoms with Gasteiger partial charge >= 0.3 is 5.97 Å². The van der Waals surface area contributed by atoms with Gasteiger partial charge in [0.25, 0.3) is 0 Å². The molecule has 0 bridgehead atoms. The molecule has 0 radical (unpaired) electrons. The third-order valence-corrected chi connectivity index (χ3v) is 4.73. The van der Waals surface area contributed by atoms with Crippen LogP contribution in [0.2, 0.25) is 0 Å². The molecule has 5 nitrogen and oxygen atoms in total. The molecule has 3 rings (SSSR count). The molecule has 2 aromatic carbocycles. The summed E-state index contributed by atoms with van der Waals surface area (Å²) in [7, 11) is 0. The van der Waals surface area contributed by atoms with E-state index in [1.807, 2.05) is 41.1 Å². The van der Waals surface area contributed by atoms with Crippen molar-refractivity contribution in [2.24, 2.45) is 0 Å². The Bertz CT molecular complexity index is 964. The highest BCUT2D eigenvalue weighted by atomic mass is 32.1. The molecule has 0 saturated heterocycles. The van der Waals surface area contributed by atoms with E-state index < -0.39 is 5.97 Å². The number of aromatic nitrogens is 3. The maximum Gasteiger partial charge on any atom is 0.336 e. The number of hydrogen-bond donors (Lipinski definition) is 1. The van der Waals surface area contributed by atoms with Gasteiger partial charge in [-0.25, -0.2) is 14.5 Å². The summed E-state index contributed by atoms with van der Waals surface area (Å²) in [6.45, 7) is 3.00. The molecule has 1 aromatic heterocycles. The number of thiocarbonyl (C=S) groups is 1. The molecule has 0 amide bonds. The first kappa shape index (κ1) is 19.9. The van der Waals surface area contributed by atoms with E-state index in [1.165, 1.54) is 0 Å². The van der Waals surface area contributed by atoms with Crippen molar-refractivity contribution in [2.45, 2.75) is 39.2 Å². The third kappa shape index (κ3) is 4.70. The van der Waals surface area contributed by atoms with Crippen LogP contribution in [0.15, 0.2) is 48.5 Å². The van der Waals surface area contributed by atoms with Gasteiger partial charge in [-0.15, -0.1) is 0 Å². The number of benzene rings is 2. The van der Waals surface area contributed by atoms with Crippen LogP contribution < -0.4 is 0 Å². The average Bonchev–Trinajstić information content (AvgIpc) is 3.08. The fourth-order valence-electron chi connectivity index (χ4n) is 3.11. The number of hydrogen-bond acceptors (Lipinski definition) is 4. The predicted octanol–water partition coefficient (Wildman–Crippen LogP) is 4.58. The first-order chi connectivity index (χ1) is 13.6. The van der Waals surface area contributed by atoms with E-state index in [2.05, 4.69) is 17.0 Å². The van der Waals surface area contributed by atoms with Gasteiger partial charge in [0.1, 0.15) is 5.82 Å². The summed E-state index contributed by atoms with van der Waals surface area (Å²) in [6.07, 6.45) is 3.42. The molecule has 0 aliphatic rings. The summed E-state index contributed by atoms with van der Waals surface area (Å²) in [5.41, 5.74) is 3.02. The first-order valence-corrected chi connectivity index (χ1v) is 9.87. The Labute approximate surface area is 170 Å². The normalized spacial score (nSPS) is 10.8. The number of aromatic carboxylic acids is 1.